The predicted molar refractivity (Wildman–Crippen MR) is 92.3 cm³/mol. The zero-order valence-corrected chi connectivity index (χ0v) is 14.3. The Balaban J connectivity index is 0.00000176. The van der Waals surface area contributed by atoms with Crippen LogP contribution in [0, 0.1) is 11.8 Å². The second-order valence-corrected chi connectivity index (χ2v) is 6.86. The fourth-order valence-corrected chi connectivity index (χ4v) is 3.82. The van der Waals surface area contributed by atoms with Crippen molar-refractivity contribution in [3.8, 4) is 0 Å². The van der Waals surface area contributed by atoms with Gasteiger partial charge in [-0.3, -0.25) is 4.79 Å². The van der Waals surface area contributed by atoms with Gasteiger partial charge in [-0.15, -0.1) is 12.4 Å². The number of hydrogen-bond donors (Lipinski definition) is 2. The third-order valence-corrected chi connectivity index (χ3v) is 5.09. The zero-order chi connectivity index (χ0) is 14.8. The standard InChI is InChI=1S/C18H26N2O.ClH/c1-12(2)16-5-3-4-6-17(16)20-18(21)13-7-8-14-10-19-11-15(14)9-13;/h7-9,12,16-17,19H,3-6,10-11H2,1-2H3,(H,20,21);1H. The summed E-state index contributed by atoms with van der Waals surface area (Å²) in [5.41, 5.74) is 3.40. The van der Waals surface area contributed by atoms with Gasteiger partial charge in [-0.2, -0.15) is 0 Å². The summed E-state index contributed by atoms with van der Waals surface area (Å²) in [6, 6.07) is 6.45. The number of benzene rings is 1. The summed E-state index contributed by atoms with van der Waals surface area (Å²) in [6.45, 7) is 6.36. The van der Waals surface area contributed by atoms with Crippen LogP contribution in [0.2, 0.25) is 0 Å². The number of fused-ring (bicyclic) bond motifs is 1. The van der Waals surface area contributed by atoms with E-state index in [9.17, 15) is 4.79 Å². The SMILES string of the molecule is CC(C)C1CCCCC1NC(=O)c1ccc2c(c1)CNC2.Cl. The summed E-state index contributed by atoms with van der Waals surface area (Å²) in [5.74, 6) is 1.36. The maximum Gasteiger partial charge on any atom is 0.251 e. The van der Waals surface area contributed by atoms with Crippen LogP contribution in [0.15, 0.2) is 18.2 Å². The van der Waals surface area contributed by atoms with Gasteiger partial charge >= 0.3 is 0 Å². The van der Waals surface area contributed by atoms with E-state index in [0.717, 1.165) is 25.1 Å². The van der Waals surface area contributed by atoms with Crippen molar-refractivity contribution in [2.45, 2.75) is 58.7 Å². The third kappa shape index (κ3) is 3.64. The normalized spacial score (nSPS) is 23.8. The number of hydrogen-bond acceptors (Lipinski definition) is 2. The molecule has 122 valence electrons. The van der Waals surface area contributed by atoms with Gasteiger partial charge in [0.05, 0.1) is 0 Å². The molecule has 1 saturated carbocycles. The number of amides is 1. The molecule has 1 heterocycles. The summed E-state index contributed by atoms with van der Waals surface area (Å²) in [6.07, 6.45) is 4.92. The van der Waals surface area contributed by atoms with Crippen molar-refractivity contribution < 1.29 is 4.79 Å². The molecule has 3 nitrogen and oxygen atoms in total. The molecule has 1 aliphatic heterocycles. The lowest BCUT2D eigenvalue weighted by molar-refractivity contribution is 0.0889. The number of carbonyl (C=O) groups excluding carboxylic acids is 1. The first-order chi connectivity index (χ1) is 10.1. The summed E-state index contributed by atoms with van der Waals surface area (Å²) in [4.78, 5) is 12.5. The van der Waals surface area contributed by atoms with Crippen molar-refractivity contribution in [1.82, 2.24) is 10.6 Å². The lowest BCUT2D eigenvalue weighted by Crippen LogP contribution is -2.43. The van der Waals surface area contributed by atoms with Crippen LogP contribution in [0.1, 0.15) is 61.0 Å². The topological polar surface area (TPSA) is 41.1 Å². The van der Waals surface area contributed by atoms with E-state index in [4.69, 9.17) is 0 Å². The van der Waals surface area contributed by atoms with Crippen molar-refractivity contribution in [3.05, 3.63) is 34.9 Å². The molecule has 2 atom stereocenters. The first kappa shape index (κ1) is 17.3. The molecule has 4 heteroatoms. The highest BCUT2D eigenvalue weighted by Gasteiger charge is 2.29. The predicted octanol–water partition coefficient (Wildman–Crippen LogP) is 3.66. The Morgan fingerprint density at radius 3 is 2.68 bits per heavy atom. The Morgan fingerprint density at radius 2 is 1.91 bits per heavy atom. The van der Waals surface area contributed by atoms with E-state index < -0.39 is 0 Å². The van der Waals surface area contributed by atoms with E-state index in [0.29, 0.717) is 17.9 Å². The zero-order valence-electron chi connectivity index (χ0n) is 13.5. The van der Waals surface area contributed by atoms with Gasteiger partial charge in [0, 0.05) is 24.7 Å². The molecule has 1 amide bonds. The van der Waals surface area contributed by atoms with E-state index in [1.807, 2.05) is 6.07 Å². The summed E-state index contributed by atoms with van der Waals surface area (Å²) in [5, 5.41) is 6.62. The highest BCUT2D eigenvalue weighted by Crippen LogP contribution is 2.30. The van der Waals surface area contributed by atoms with Gasteiger partial charge in [0.2, 0.25) is 0 Å². The molecule has 0 spiro atoms. The van der Waals surface area contributed by atoms with Crippen molar-refractivity contribution in [2.75, 3.05) is 0 Å². The first-order valence-corrected chi connectivity index (χ1v) is 8.28. The van der Waals surface area contributed by atoms with Crippen LogP contribution >= 0.6 is 12.4 Å². The number of halogens is 1. The van der Waals surface area contributed by atoms with Crippen LogP contribution in [-0.4, -0.2) is 11.9 Å². The minimum absolute atomic E-state index is 0. The van der Waals surface area contributed by atoms with Crippen LogP contribution in [0.25, 0.3) is 0 Å². The molecule has 3 rings (SSSR count). The molecule has 0 aromatic heterocycles. The average molecular weight is 323 g/mol. The van der Waals surface area contributed by atoms with Crippen LogP contribution in [0.3, 0.4) is 0 Å². The number of rotatable bonds is 3. The molecular formula is C18H27ClN2O. The maximum atomic E-state index is 12.5. The summed E-state index contributed by atoms with van der Waals surface area (Å²) >= 11 is 0. The Morgan fingerprint density at radius 1 is 1.18 bits per heavy atom. The molecule has 0 radical (unpaired) electrons. The van der Waals surface area contributed by atoms with E-state index in [2.05, 4.69) is 36.6 Å². The molecule has 22 heavy (non-hydrogen) atoms. The fourth-order valence-electron chi connectivity index (χ4n) is 3.82. The van der Waals surface area contributed by atoms with Crippen molar-refractivity contribution in [3.63, 3.8) is 0 Å². The second kappa shape index (κ2) is 7.47. The highest BCUT2D eigenvalue weighted by atomic mass is 35.5. The van der Waals surface area contributed by atoms with Crippen molar-refractivity contribution >= 4 is 18.3 Å². The van der Waals surface area contributed by atoms with Gasteiger partial charge < -0.3 is 10.6 Å². The molecule has 2 unspecified atom stereocenters. The van der Waals surface area contributed by atoms with Gasteiger partial charge in [-0.1, -0.05) is 32.8 Å². The Labute approximate surface area is 139 Å². The highest BCUT2D eigenvalue weighted by molar-refractivity contribution is 5.94. The minimum atomic E-state index is 0. The largest absolute Gasteiger partial charge is 0.349 e. The molecule has 1 aliphatic carbocycles. The average Bonchev–Trinajstić information content (AvgIpc) is 2.94. The molecule has 1 fully saturated rings. The van der Waals surface area contributed by atoms with Crippen LogP contribution < -0.4 is 10.6 Å². The van der Waals surface area contributed by atoms with Gasteiger partial charge in [0.15, 0.2) is 0 Å². The molecular weight excluding hydrogens is 296 g/mol. The number of nitrogens with one attached hydrogen (secondary N) is 2. The molecule has 0 saturated heterocycles. The van der Waals surface area contributed by atoms with E-state index in [1.165, 1.54) is 30.4 Å². The second-order valence-electron chi connectivity index (χ2n) is 6.86. The van der Waals surface area contributed by atoms with Gasteiger partial charge in [0.25, 0.3) is 5.91 Å². The van der Waals surface area contributed by atoms with Crippen LogP contribution in [-0.2, 0) is 13.1 Å². The minimum Gasteiger partial charge on any atom is -0.349 e. The Hall–Kier alpha value is -1.06. The molecule has 1 aromatic carbocycles. The molecule has 0 bridgehead atoms. The lowest BCUT2D eigenvalue weighted by Gasteiger charge is -2.35. The van der Waals surface area contributed by atoms with Crippen LogP contribution in [0.4, 0.5) is 0 Å². The fraction of sp³-hybridized carbons (Fsp3) is 0.611. The van der Waals surface area contributed by atoms with Gasteiger partial charge in [-0.05, 0) is 47.9 Å². The lowest BCUT2D eigenvalue weighted by atomic mass is 9.78. The van der Waals surface area contributed by atoms with E-state index >= 15 is 0 Å². The van der Waals surface area contributed by atoms with Crippen molar-refractivity contribution in [2.24, 2.45) is 11.8 Å². The monoisotopic (exact) mass is 322 g/mol. The van der Waals surface area contributed by atoms with E-state index in [-0.39, 0.29) is 18.3 Å². The Kier molecular flexibility index (Phi) is 5.87. The molecule has 1 aromatic rings. The Bertz CT molecular complexity index is 530. The summed E-state index contributed by atoms with van der Waals surface area (Å²) < 4.78 is 0. The third-order valence-electron chi connectivity index (χ3n) is 5.09. The molecule has 2 aliphatic rings. The van der Waals surface area contributed by atoms with Gasteiger partial charge in [-0.25, -0.2) is 0 Å². The van der Waals surface area contributed by atoms with E-state index in [1.54, 1.807) is 0 Å². The van der Waals surface area contributed by atoms with Crippen LogP contribution in [0.5, 0.6) is 0 Å². The first-order valence-electron chi connectivity index (χ1n) is 8.28. The van der Waals surface area contributed by atoms with Crippen molar-refractivity contribution in [1.29, 1.82) is 0 Å². The number of carbonyl (C=O) groups is 1. The maximum absolute atomic E-state index is 12.5. The summed E-state index contributed by atoms with van der Waals surface area (Å²) in [7, 11) is 0. The molecule has 2 N–H and O–H groups in total. The van der Waals surface area contributed by atoms with Gasteiger partial charge in [0.1, 0.15) is 0 Å². The smallest absolute Gasteiger partial charge is 0.251 e. The quantitative estimate of drug-likeness (QED) is 0.891.